The molecule has 156 valence electrons. The Hall–Kier alpha value is -4.12. The molecule has 0 radical (unpaired) electrons. The number of nitrogens with one attached hydrogen (secondary N) is 1. The molecule has 0 aliphatic carbocycles. The highest BCUT2D eigenvalue weighted by Crippen LogP contribution is 2.26. The van der Waals surface area contributed by atoms with Gasteiger partial charge in [0, 0.05) is 18.7 Å². The van der Waals surface area contributed by atoms with Gasteiger partial charge in [0.2, 0.25) is 5.91 Å². The van der Waals surface area contributed by atoms with Crippen LogP contribution in [0, 0.1) is 24.2 Å². The van der Waals surface area contributed by atoms with Gasteiger partial charge in [-0.2, -0.15) is 5.26 Å². The summed E-state index contributed by atoms with van der Waals surface area (Å²) in [6.07, 6.45) is 0.0336. The topological polar surface area (TPSA) is 119 Å². The molecule has 31 heavy (non-hydrogen) atoms. The van der Waals surface area contributed by atoms with Gasteiger partial charge in [-0.05, 0) is 31.2 Å². The van der Waals surface area contributed by atoms with Crippen LogP contribution in [-0.2, 0) is 14.3 Å². The summed E-state index contributed by atoms with van der Waals surface area (Å²) in [6, 6.07) is 16.6. The Kier molecular flexibility index (Phi) is 5.41. The molecule has 0 bridgehead atoms. The quantitative estimate of drug-likeness (QED) is 0.374. The number of aliphatic hydroxyl groups excluding tert-OH is 1. The average molecular weight is 416 g/mol. The molecule has 1 unspecified atom stereocenters. The van der Waals surface area contributed by atoms with Crippen molar-refractivity contribution in [3.8, 4) is 6.07 Å². The summed E-state index contributed by atoms with van der Waals surface area (Å²) in [7, 11) is 0. The van der Waals surface area contributed by atoms with Crippen molar-refractivity contribution in [3.63, 3.8) is 0 Å². The van der Waals surface area contributed by atoms with Crippen molar-refractivity contribution < 1.29 is 19.4 Å². The van der Waals surface area contributed by atoms with E-state index in [2.05, 4.69) is 9.97 Å². The van der Waals surface area contributed by atoms with Crippen LogP contribution < -0.4 is 4.90 Å². The second-order valence-corrected chi connectivity index (χ2v) is 7.38. The van der Waals surface area contributed by atoms with Gasteiger partial charge in [0.1, 0.15) is 18.2 Å². The highest BCUT2D eigenvalue weighted by atomic mass is 16.5. The molecule has 3 aromatic rings. The molecule has 1 aromatic heterocycles. The Bertz CT molecular complexity index is 1190. The number of anilines is 1. The molecule has 1 amide bonds. The SMILES string of the molecule is Cc1ccc(N2CC(C(=O)OC/C(O)=C(\C#N)c3nc4ccccc4[nH]3)CC2=O)cc1. The molecule has 1 fully saturated rings. The number of aliphatic hydroxyl groups is 1. The second-order valence-electron chi connectivity index (χ2n) is 7.38. The zero-order valence-corrected chi connectivity index (χ0v) is 16.8. The lowest BCUT2D eigenvalue weighted by molar-refractivity contribution is -0.148. The average Bonchev–Trinajstić information content (AvgIpc) is 3.36. The number of rotatable bonds is 5. The van der Waals surface area contributed by atoms with Gasteiger partial charge >= 0.3 is 5.97 Å². The molecule has 1 aliphatic heterocycles. The van der Waals surface area contributed by atoms with Crippen molar-refractivity contribution in [2.45, 2.75) is 13.3 Å². The number of aromatic nitrogens is 2. The number of esters is 1. The van der Waals surface area contributed by atoms with E-state index in [1.165, 1.54) is 0 Å². The summed E-state index contributed by atoms with van der Waals surface area (Å²) in [4.78, 5) is 33.6. The molecule has 4 rings (SSSR count). The lowest BCUT2D eigenvalue weighted by Gasteiger charge is -2.16. The summed E-state index contributed by atoms with van der Waals surface area (Å²) in [5.41, 5.74) is 3.07. The first-order chi connectivity index (χ1) is 15.0. The minimum absolute atomic E-state index is 0.0336. The Balaban J connectivity index is 1.43. The van der Waals surface area contributed by atoms with E-state index in [9.17, 15) is 20.0 Å². The van der Waals surface area contributed by atoms with E-state index >= 15 is 0 Å². The summed E-state index contributed by atoms with van der Waals surface area (Å²) in [5.74, 6) is -1.62. The Morgan fingerprint density at radius 2 is 2.03 bits per heavy atom. The van der Waals surface area contributed by atoms with E-state index in [4.69, 9.17) is 4.74 Å². The number of H-pyrrole nitrogens is 1. The van der Waals surface area contributed by atoms with Gasteiger partial charge < -0.3 is 19.7 Å². The Morgan fingerprint density at radius 1 is 1.29 bits per heavy atom. The molecule has 0 saturated carbocycles. The third kappa shape index (κ3) is 4.12. The van der Waals surface area contributed by atoms with Gasteiger partial charge in [-0.15, -0.1) is 0 Å². The van der Waals surface area contributed by atoms with Crippen LogP contribution in [0.4, 0.5) is 5.69 Å². The number of hydrogen-bond acceptors (Lipinski definition) is 6. The van der Waals surface area contributed by atoms with Crippen molar-refractivity contribution >= 4 is 34.2 Å². The molecular formula is C23H20N4O4. The lowest BCUT2D eigenvalue weighted by Crippen LogP contribution is -2.26. The number of carbonyl (C=O) groups is 2. The number of imidazole rings is 1. The molecule has 2 heterocycles. The minimum Gasteiger partial charge on any atom is -0.507 e. The van der Waals surface area contributed by atoms with Crippen LogP contribution >= 0.6 is 0 Å². The molecule has 8 heteroatoms. The Labute approximate surface area is 178 Å². The van der Waals surface area contributed by atoms with E-state index in [0.29, 0.717) is 5.52 Å². The highest BCUT2D eigenvalue weighted by molar-refractivity contribution is 5.99. The van der Waals surface area contributed by atoms with E-state index < -0.39 is 24.3 Å². The maximum Gasteiger partial charge on any atom is 0.311 e. The number of carbonyl (C=O) groups excluding carboxylic acids is 2. The number of aromatic amines is 1. The van der Waals surface area contributed by atoms with E-state index in [1.54, 1.807) is 17.0 Å². The summed E-state index contributed by atoms with van der Waals surface area (Å²) >= 11 is 0. The largest absolute Gasteiger partial charge is 0.507 e. The highest BCUT2D eigenvalue weighted by Gasteiger charge is 2.36. The van der Waals surface area contributed by atoms with Crippen LogP contribution in [0.5, 0.6) is 0 Å². The van der Waals surface area contributed by atoms with Crippen LogP contribution in [0.1, 0.15) is 17.8 Å². The van der Waals surface area contributed by atoms with Gasteiger partial charge in [-0.25, -0.2) is 4.98 Å². The predicted molar refractivity (Wildman–Crippen MR) is 114 cm³/mol. The van der Waals surface area contributed by atoms with E-state index in [-0.39, 0.29) is 30.3 Å². The van der Waals surface area contributed by atoms with Crippen LogP contribution in [0.25, 0.3) is 16.6 Å². The third-order valence-electron chi connectivity index (χ3n) is 5.18. The number of allylic oxidation sites excluding steroid dienone is 1. The smallest absolute Gasteiger partial charge is 0.311 e. The number of benzene rings is 2. The molecular weight excluding hydrogens is 396 g/mol. The van der Waals surface area contributed by atoms with Crippen molar-refractivity contribution in [1.82, 2.24) is 9.97 Å². The number of aryl methyl sites for hydroxylation is 1. The number of nitriles is 1. The first kappa shape index (κ1) is 20.2. The maximum absolute atomic E-state index is 12.5. The van der Waals surface area contributed by atoms with Crippen molar-refractivity contribution in [3.05, 3.63) is 65.7 Å². The lowest BCUT2D eigenvalue weighted by atomic mass is 10.1. The van der Waals surface area contributed by atoms with E-state index in [1.807, 2.05) is 49.4 Å². The van der Waals surface area contributed by atoms with Crippen molar-refractivity contribution in [2.75, 3.05) is 18.1 Å². The normalized spacial score (nSPS) is 16.8. The van der Waals surface area contributed by atoms with Crippen molar-refractivity contribution in [2.24, 2.45) is 5.92 Å². The fraction of sp³-hybridized carbons (Fsp3) is 0.217. The number of hydrogen-bond donors (Lipinski definition) is 2. The molecule has 1 atom stereocenters. The fourth-order valence-corrected chi connectivity index (χ4v) is 3.49. The summed E-state index contributed by atoms with van der Waals surface area (Å²) < 4.78 is 5.20. The minimum atomic E-state index is -0.640. The van der Waals surface area contributed by atoms with Crippen LogP contribution in [0.2, 0.25) is 0 Å². The first-order valence-corrected chi connectivity index (χ1v) is 9.77. The number of amides is 1. The second kappa shape index (κ2) is 8.32. The monoisotopic (exact) mass is 416 g/mol. The van der Waals surface area contributed by atoms with Crippen molar-refractivity contribution in [1.29, 1.82) is 5.26 Å². The molecule has 2 aromatic carbocycles. The van der Waals surface area contributed by atoms with Crippen LogP contribution in [0.15, 0.2) is 54.3 Å². The predicted octanol–water partition coefficient (Wildman–Crippen LogP) is 3.26. The van der Waals surface area contributed by atoms with Crippen LogP contribution in [0.3, 0.4) is 0 Å². The number of fused-ring (bicyclic) bond motifs is 1. The maximum atomic E-state index is 12.5. The van der Waals surface area contributed by atoms with Crippen LogP contribution in [-0.4, -0.2) is 40.1 Å². The standard InChI is InChI=1S/C23H20N4O4/c1-14-6-8-16(9-7-14)27-12-15(10-21(27)29)23(30)31-13-20(28)17(11-24)22-25-18-4-2-3-5-19(18)26-22/h2-9,15,28H,10,12-13H2,1H3,(H,25,26)/b20-17-. The number of nitrogens with zero attached hydrogens (tertiary/aromatic N) is 3. The molecule has 2 N–H and O–H groups in total. The van der Waals surface area contributed by atoms with Gasteiger partial charge in [0.05, 0.1) is 17.0 Å². The van der Waals surface area contributed by atoms with Gasteiger partial charge in [0.15, 0.2) is 11.6 Å². The molecule has 1 aliphatic rings. The molecule has 8 nitrogen and oxygen atoms in total. The number of para-hydroxylation sites is 2. The fourth-order valence-electron chi connectivity index (χ4n) is 3.49. The van der Waals surface area contributed by atoms with E-state index in [0.717, 1.165) is 16.8 Å². The van der Waals surface area contributed by atoms with Gasteiger partial charge in [0.25, 0.3) is 0 Å². The number of ether oxygens (including phenoxy) is 1. The van der Waals surface area contributed by atoms with Gasteiger partial charge in [-0.3, -0.25) is 9.59 Å². The van der Waals surface area contributed by atoms with Gasteiger partial charge in [-0.1, -0.05) is 29.8 Å². The molecule has 1 saturated heterocycles. The molecule has 0 spiro atoms. The zero-order valence-electron chi connectivity index (χ0n) is 16.8. The summed E-state index contributed by atoms with van der Waals surface area (Å²) in [5, 5.41) is 19.8. The Morgan fingerprint density at radius 3 is 2.74 bits per heavy atom. The first-order valence-electron chi connectivity index (χ1n) is 9.77. The summed E-state index contributed by atoms with van der Waals surface area (Å²) in [6.45, 7) is 1.68. The zero-order chi connectivity index (χ0) is 22.0. The third-order valence-corrected chi connectivity index (χ3v) is 5.18.